The van der Waals surface area contributed by atoms with Crippen LogP contribution in [0, 0.1) is 0 Å². The molecule has 6 nitrogen and oxygen atoms in total. The molecule has 0 amide bonds. The average Bonchev–Trinajstić information content (AvgIpc) is 2.77. The number of alkyl halides is 2. The van der Waals surface area contributed by atoms with Crippen molar-refractivity contribution >= 4 is 46.5 Å². The second-order valence-electron chi connectivity index (χ2n) is 4.99. The lowest BCUT2D eigenvalue weighted by atomic mass is 10.1. The Morgan fingerprint density at radius 2 is 1.96 bits per heavy atom. The molecule has 11 heteroatoms. The highest BCUT2D eigenvalue weighted by atomic mass is 35.5. The molecule has 0 aliphatic carbocycles. The molecule has 136 valence electrons. The third-order valence-electron chi connectivity index (χ3n) is 3.19. The van der Waals surface area contributed by atoms with Crippen LogP contribution in [-0.2, 0) is 11.8 Å². The van der Waals surface area contributed by atoms with E-state index in [4.69, 9.17) is 39.9 Å². The molecule has 0 fully saturated rings. The Labute approximate surface area is 156 Å². The third kappa shape index (κ3) is 4.26. The first kappa shape index (κ1) is 19.6. The zero-order chi connectivity index (χ0) is 18.9. The van der Waals surface area contributed by atoms with Crippen molar-refractivity contribution in [3.63, 3.8) is 0 Å². The average molecular weight is 415 g/mol. The zero-order valence-electron chi connectivity index (χ0n) is 12.9. The molecule has 2 rings (SSSR count). The number of benzene rings is 1. The fourth-order valence-corrected chi connectivity index (χ4v) is 2.84. The highest BCUT2D eigenvalue weighted by molar-refractivity contribution is 6.39. The van der Waals surface area contributed by atoms with Crippen LogP contribution < -0.4 is 10.1 Å². The summed E-state index contributed by atoms with van der Waals surface area (Å²) in [6.07, 6.45) is 0. The van der Waals surface area contributed by atoms with Gasteiger partial charge in [0.25, 0.3) is 0 Å². The summed E-state index contributed by atoms with van der Waals surface area (Å²) in [5.41, 5.74) is 0.636. The van der Waals surface area contributed by atoms with Crippen molar-refractivity contribution in [1.29, 1.82) is 0 Å². The Bertz CT molecular complexity index is 814. The van der Waals surface area contributed by atoms with E-state index in [0.29, 0.717) is 0 Å². The van der Waals surface area contributed by atoms with Gasteiger partial charge >= 0.3 is 12.6 Å². The zero-order valence-corrected chi connectivity index (χ0v) is 15.1. The van der Waals surface area contributed by atoms with Crippen molar-refractivity contribution in [1.82, 2.24) is 9.78 Å². The number of nitrogens with one attached hydrogen (secondary N) is 1. The number of aryl methyl sites for hydroxylation is 1. The quantitative estimate of drug-likeness (QED) is 0.726. The molecular weight excluding hydrogens is 403 g/mol. The number of carboxylic acids is 1. The molecule has 1 unspecified atom stereocenters. The maximum absolute atomic E-state index is 12.5. The standard InChI is InChI=1S/C14H12Cl3F2N3O3/c1-5(13(23)24)20-9-3-6(7(15)4-8(9)16)11-10(17)12(22(2)21-11)25-14(18)19/h3-5,14,20H,1-2H3,(H,23,24). The van der Waals surface area contributed by atoms with E-state index in [1.165, 1.54) is 26.1 Å². The van der Waals surface area contributed by atoms with Crippen LogP contribution in [0.3, 0.4) is 0 Å². The van der Waals surface area contributed by atoms with Crippen molar-refractivity contribution in [2.24, 2.45) is 7.05 Å². The van der Waals surface area contributed by atoms with E-state index < -0.39 is 18.6 Å². The Morgan fingerprint density at radius 3 is 2.52 bits per heavy atom. The molecule has 2 aromatic rings. The number of nitrogens with zero attached hydrogens (tertiary/aromatic N) is 2. The van der Waals surface area contributed by atoms with E-state index in [1.807, 2.05) is 0 Å². The third-order valence-corrected chi connectivity index (χ3v) is 4.16. The van der Waals surface area contributed by atoms with Crippen LogP contribution in [-0.4, -0.2) is 33.5 Å². The van der Waals surface area contributed by atoms with Crippen LogP contribution in [0.5, 0.6) is 5.88 Å². The highest BCUT2D eigenvalue weighted by Crippen LogP contribution is 2.41. The number of ether oxygens (including phenoxy) is 1. The molecule has 2 N–H and O–H groups in total. The van der Waals surface area contributed by atoms with Crippen LogP contribution in [0.1, 0.15) is 6.92 Å². The minimum atomic E-state index is -3.07. The van der Waals surface area contributed by atoms with Gasteiger partial charge in [0.05, 0.1) is 15.7 Å². The summed E-state index contributed by atoms with van der Waals surface area (Å²) < 4.78 is 30.3. The minimum absolute atomic E-state index is 0.0903. The Morgan fingerprint density at radius 1 is 1.32 bits per heavy atom. The lowest BCUT2D eigenvalue weighted by molar-refractivity contribution is -0.137. The second kappa shape index (κ2) is 7.63. The number of rotatable bonds is 6. The Hall–Kier alpha value is -1.77. The van der Waals surface area contributed by atoms with E-state index in [9.17, 15) is 13.6 Å². The van der Waals surface area contributed by atoms with Crippen molar-refractivity contribution in [2.75, 3.05) is 5.32 Å². The van der Waals surface area contributed by atoms with Crippen molar-refractivity contribution in [3.8, 4) is 17.1 Å². The summed E-state index contributed by atoms with van der Waals surface area (Å²) in [5.74, 6) is -1.41. The first-order valence-electron chi connectivity index (χ1n) is 6.77. The smallest absolute Gasteiger partial charge is 0.388 e. The monoisotopic (exact) mass is 413 g/mol. The normalized spacial score (nSPS) is 12.3. The molecule has 0 aliphatic heterocycles. The Kier molecular flexibility index (Phi) is 5.97. The van der Waals surface area contributed by atoms with E-state index in [0.717, 1.165) is 4.68 Å². The van der Waals surface area contributed by atoms with Gasteiger partial charge in [-0.15, -0.1) is 0 Å². The van der Waals surface area contributed by atoms with Gasteiger partial charge in [0.1, 0.15) is 16.8 Å². The van der Waals surface area contributed by atoms with Gasteiger partial charge in [0.2, 0.25) is 5.88 Å². The molecule has 0 saturated carbocycles. The Balaban J connectivity index is 2.51. The minimum Gasteiger partial charge on any atom is -0.480 e. The molecular formula is C14H12Cl3F2N3O3. The molecule has 25 heavy (non-hydrogen) atoms. The van der Waals surface area contributed by atoms with Gasteiger partial charge in [-0.3, -0.25) is 4.79 Å². The topological polar surface area (TPSA) is 76.4 Å². The first-order chi connectivity index (χ1) is 11.6. The number of anilines is 1. The number of carboxylic acid groups (broad SMARTS) is 1. The predicted molar refractivity (Wildman–Crippen MR) is 91.0 cm³/mol. The number of hydrogen-bond donors (Lipinski definition) is 2. The van der Waals surface area contributed by atoms with Crippen LogP contribution in [0.15, 0.2) is 12.1 Å². The summed E-state index contributed by atoms with van der Waals surface area (Å²) in [6.45, 7) is -1.65. The lowest BCUT2D eigenvalue weighted by Gasteiger charge is -2.14. The molecule has 0 spiro atoms. The van der Waals surface area contributed by atoms with Gasteiger partial charge < -0.3 is 15.2 Å². The molecule has 0 bridgehead atoms. The fourth-order valence-electron chi connectivity index (χ4n) is 2.00. The largest absolute Gasteiger partial charge is 0.480 e. The van der Waals surface area contributed by atoms with Gasteiger partial charge in [0, 0.05) is 12.6 Å². The highest BCUT2D eigenvalue weighted by Gasteiger charge is 2.23. The number of aromatic nitrogens is 2. The van der Waals surface area contributed by atoms with Crippen molar-refractivity contribution < 1.29 is 23.4 Å². The number of carbonyl (C=O) groups is 1. The second-order valence-corrected chi connectivity index (χ2v) is 6.18. The summed E-state index contributed by atoms with van der Waals surface area (Å²) in [6, 6.07) is 1.88. The SMILES string of the molecule is CC(Nc1cc(-c2nn(C)c(OC(F)F)c2Cl)c(Cl)cc1Cl)C(=O)O. The lowest BCUT2D eigenvalue weighted by Crippen LogP contribution is -2.25. The predicted octanol–water partition coefficient (Wildman–Crippen LogP) is 4.53. The van der Waals surface area contributed by atoms with Crippen molar-refractivity contribution in [3.05, 3.63) is 27.2 Å². The van der Waals surface area contributed by atoms with Crippen LogP contribution >= 0.6 is 34.8 Å². The number of hydrogen-bond acceptors (Lipinski definition) is 4. The molecule has 1 heterocycles. The van der Waals surface area contributed by atoms with Gasteiger partial charge in [0.15, 0.2) is 0 Å². The number of aliphatic carboxylic acids is 1. The van der Waals surface area contributed by atoms with Crippen LogP contribution in [0.2, 0.25) is 15.1 Å². The molecule has 0 aliphatic rings. The number of halogens is 5. The maximum atomic E-state index is 12.5. The fraction of sp³-hybridized carbons (Fsp3) is 0.286. The molecule has 1 aromatic carbocycles. The molecule has 1 aromatic heterocycles. The summed E-state index contributed by atoms with van der Waals surface area (Å²) >= 11 is 18.3. The molecule has 1 atom stereocenters. The van der Waals surface area contributed by atoms with Gasteiger partial charge in [-0.2, -0.15) is 13.9 Å². The van der Waals surface area contributed by atoms with Crippen LogP contribution in [0.4, 0.5) is 14.5 Å². The molecule has 0 radical (unpaired) electrons. The first-order valence-corrected chi connectivity index (χ1v) is 7.91. The molecule has 0 saturated heterocycles. The van der Waals surface area contributed by atoms with Gasteiger partial charge in [-0.25, -0.2) is 4.68 Å². The summed E-state index contributed by atoms with van der Waals surface area (Å²) in [4.78, 5) is 11.0. The van der Waals surface area contributed by atoms with Gasteiger partial charge in [-0.05, 0) is 19.1 Å². The van der Waals surface area contributed by atoms with E-state index in [-0.39, 0.29) is 37.9 Å². The summed E-state index contributed by atoms with van der Waals surface area (Å²) in [7, 11) is 1.38. The van der Waals surface area contributed by atoms with Crippen molar-refractivity contribution in [2.45, 2.75) is 19.6 Å². The summed E-state index contributed by atoms with van der Waals surface area (Å²) in [5, 5.41) is 15.9. The van der Waals surface area contributed by atoms with Gasteiger partial charge in [-0.1, -0.05) is 34.8 Å². The van der Waals surface area contributed by atoms with Crippen LogP contribution in [0.25, 0.3) is 11.3 Å². The van der Waals surface area contributed by atoms with E-state index in [2.05, 4.69) is 15.2 Å². The van der Waals surface area contributed by atoms with E-state index in [1.54, 1.807) is 0 Å². The maximum Gasteiger partial charge on any atom is 0.388 e. The van der Waals surface area contributed by atoms with E-state index >= 15 is 0 Å².